The average Bonchev–Trinajstić information content (AvgIpc) is 2.45. The van der Waals surface area contributed by atoms with Gasteiger partial charge in [0, 0.05) is 6.42 Å². The van der Waals surface area contributed by atoms with E-state index in [4.69, 9.17) is 9.47 Å². The molecule has 0 aromatic heterocycles. The highest BCUT2D eigenvalue weighted by atomic mass is 16.7. The monoisotopic (exact) mass is 288 g/mol. The zero-order chi connectivity index (χ0) is 15.1. The zero-order valence-electron chi connectivity index (χ0n) is 12.8. The van der Waals surface area contributed by atoms with Crippen molar-refractivity contribution >= 4 is 6.29 Å². The number of ether oxygens (including phenoxy) is 2. The number of hydrogen-bond acceptors (Lipinski definition) is 3. The molecule has 21 heavy (non-hydrogen) atoms. The highest BCUT2D eigenvalue weighted by Crippen LogP contribution is 2.30. The molecule has 0 N–H and O–H groups in total. The number of hydrogen-bond donors (Lipinski definition) is 0. The molecule has 1 heterocycles. The van der Waals surface area contributed by atoms with Crippen molar-refractivity contribution in [2.75, 3.05) is 0 Å². The fourth-order valence-electron chi connectivity index (χ4n) is 2.80. The summed E-state index contributed by atoms with van der Waals surface area (Å²) in [6.07, 6.45) is 8.15. The summed E-state index contributed by atoms with van der Waals surface area (Å²) in [7, 11) is 0. The van der Waals surface area contributed by atoms with Crippen LogP contribution in [0.25, 0.3) is 0 Å². The van der Waals surface area contributed by atoms with Gasteiger partial charge in [-0.15, -0.1) is 0 Å². The topological polar surface area (TPSA) is 35.5 Å². The largest absolute Gasteiger partial charge is 0.347 e. The molecule has 0 radical (unpaired) electrons. The Labute approximate surface area is 127 Å². The van der Waals surface area contributed by atoms with Gasteiger partial charge in [-0.2, -0.15) is 0 Å². The highest BCUT2D eigenvalue weighted by molar-refractivity contribution is 5.64. The molecule has 114 valence electrons. The molecule has 3 heteroatoms. The van der Waals surface area contributed by atoms with E-state index in [1.807, 2.05) is 26.0 Å². The third-order valence-corrected chi connectivity index (χ3v) is 3.64. The number of carbonyl (C=O) groups excluding carboxylic acids is 1. The van der Waals surface area contributed by atoms with Gasteiger partial charge in [-0.1, -0.05) is 36.4 Å². The third-order valence-electron chi connectivity index (χ3n) is 3.64. The molecule has 0 spiro atoms. The second-order valence-electron chi connectivity index (χ2n) is 5.94. The van der Waals surface area contributed by atoms with Crippen molar-refractivity contribution in [1.82, 2.24) is 0 Å². The van der Waals surface area contributed by atoms with Crippen molar-refractivity contribution in [3.63, 3.8) is 0 Å². The molecule has 2 atom stereocenters. The summed E-state index contributed by atoms with van der Waals surface area (Å²) in [6.45, 7) is 3.91. The Kier molecular flexibility index (Phi) is 5.71. The first-order valence-corrected chi connectivity index (χ1v) is 7.59. The molecule has 1 aromatic carbocycles. The van der Waals surface area contributed by atoms with Crippen molar-refractivity contribution in [2.45, 2.75) is 57.5 Å². The van der Waals surface area contributed by atoms with Crippen molar-refractivity contribution in [2.24, 2.45) is 0 Å². The molecule has 0 bridgehead atoms. The van der Waals surface area contributed by atoms with Gasteiger partial charge in [0.25, 0.3) is 0 Å². The van der Waals surface area contributed by atoms with Crippen molar-refractivity contribution in [3.8, 4) is 0 Å². The van der Waals surface area contributed by atoms with E-state index in [1.54, 1.807) is 0 Å². The maximum atomic E-state index is 10.3. The quantitative estimate of drug-likeness (QED) is 0.592. The summed E-state index contributed by atoms with van der Waals surface area (Å²) in [5.74, 6) is -0.556. The van der Waals surface area contributed by atoms with Crippen LogP contribution < -0.4 is 0 Å². The molecular formula is C18H24O3. The van der Waals surface area contributed by atoms with Crippen molar-refractivity contribution < 1.29 is 14.3 Å². The fourth-order valence-corrected chi connectivity index (χ4v) is 2.80. The van der Waals surface area contributed by atoms with Crippen LogP contribution in [-0.2, 0) is 20.7 Å². The predicted molar refractivity (Wildman–Crippen MR) is 83.0 cm³/mol. The van der Waals surface area contributed by atoms with Crippen LogP contribution in [0.1, 0.15) is 38.7 Å². The molecule has 1 aliphatic rings. The van der Waals surface area contributed by atoms with E-state index in [9.17, 15) is 4.79 Å². The molecule has 0 aliphatic carbocycles. The lowest BCUT2D eigenvalue weighted by atomic mass is 9.99. The number of benzene rings is 1. The lowest BCUT2D eigenvalue weighted by molar-refractivity contribution is -0.299. The first-order valence-electron chi connectivity index (χ1n) is 7.59. The van der Waals surface area contributed by atoms with Crippen LogP contribution in [0.15, 0.2) is 42.5 Å². The normalized spacial score (nSPS) is 25.0. The Morgan fingerprint density at radius 3 is 2.62 bits per heavy atom. The summed E-state index contributed by atoms with van der Waals surface area (Å²) < 4.78 is 11.9. The van der Waals surface area contributed by atoms with Crippen molar-refractivity contribution in [1.29, 1.82) is 0 Å². The minimum absolute atomic E-state index is 0.116. The van der Waals surface area contributed by atoms with Gasteiger partial charge in [0.2, 0.25) is 0 Å². The van der Waals surface area contributed by atoms with E-state index in [0.29, 0.717) is 0 Å². The maximum Gasteiger partial charge on any atom is 0.163 e. The zero-order valence-corrected chi connectivity index (χ0v) is 12.8. The first kappa shape index (κ1) is 15.9. The third kappa shape index (κ3) is 5.44. The minimum atomic E-state index is -0.556. The van der Waals surface area contributed by atoms with Gasteiger partial charge in [0.05, 0.1) is 12.2 Å². The second kappa shape index (κ2) is 7.53. The molecule has 1 fully saturated rings. The molecule has 0 amide bonds. The lowest BCUT2D eigenvalue weighted by Gasteiger charge is -2.40. The lowest BCUT2D eigenvalue weighted by Crippen LogP contribution is -2.44. The van der Waals surface area contributed by atoms with Crippen LogP contribution in [0, 0.1) is 0 Å². The van der Waals surface area contributed by atoms with Crippen LogP contribution in [0.4, 0.5) is 0 Å². The SMILES string of the molecule is CC1(C)O[C@@H](C/C=C/C=O)C[C@H](CCc2ccccc2)O1. The Bertz CT molecular complexity index is 465. The predicted octanol–water partition coefficient (Wildman–Crippen LogP) is 3.67. The fraction of sp³-hybridized carbons (Fsp3) is 0.500. The summed E-state index contributed by atoms with van der Waals surface area (Å²) in [5.41, 5.74) is 1.34. The van der Waals surface area contributed by atoms with E-state index in [0.717, 1.165) is 32.0 Å². The standard InChI is InChI=1S/C18H24O3/c1-18(2)20-16(10-6-7-13-19)14-17(21-18)12-11-15-8-4-3-5-9-15/h3-9,13,16-17H,10-12,14H2,1-2H3/b7-6+/t16-,17-/m0/s1. The molecular weight excluding hydrogens is 264 g/mol. The number of aryl methyl sites for hydroxylation is 1. The number of rotatable bonds is 6. The van der Waals surface area contributed by atoms with Crippen LogP contribution in [-0.4, -0.2) is 24.3 Å². The van der Waals surface area contributed by atoms with Gasteiger partial charge in [-0.05, 0) is 44.7 Å². The van der Waals surface area contributed by atoms with E-state index in [1.165, 1.54) is 11.6 Å². The molecule has 1 aliphatic heterocycles. The Hall–Kier alpha value is -1.45. The first-order chi connectivity index (χ1) is 10.1. The smallest absolute Gasteiger partial charge is 0.163 e. The van der Waals surface area contributed by atoms with Gasteiger partial charge < -0.3 is 9.47 Å². The van der Waals surface area contributed by atoms with Crippen LogP contribution >= 0.6 is 0 Å². The van der Waals surface area contributed by atoms with E-state index < -0.39 is 5.79 Å². The molecule has 0 unspecified atom stereocenters. The van der Waals surface area contributed by atoms with Crippen LogP contribution in [0.5, 0.6) is 0 Å². The molecule has 3 nitrogen and oxygen atoms in total. The summed E-state index contributed by atoms with van der Waals surface area (Å²) >= 11 is 0. The Balaban J connectivity index is 1.89. The molecule has 1 saturated heterocycles. The van der Waals surface area contributed by atoms with Gasteiger partial charge in [0.1, 0.15) is 6.29 Å². The maximum absolute atomic E-state index is 10.3. The second-order valence-corrected chi connectivity index (χ2v) is 5.94. The van der Waals surface area contributed by atoms with Gasteiger partial charge in [0.15, 0.2) is 5.79 Å². The highest BCUT2D eigenvalue weighted by Gasteiger charge is 2.34. The Morgan fingerprint density at radius 1 is 1.19 bits per heavy atom. The molecule has 1 aromatic rings. The Morgan fingerprint density at radius 2 is 1.90 bits per heavy atom. The van der Waals surface area contributed by atoms with E-state index in [-0.39, 0.29) is 12.2 Å². The van der Waals surface area contributed by atoms with E-state index in [2.05, 4.69) is 24.3 Å². The minimum Gasteiger partial charge on any atom is -0.347 e. The van der Waals surface area contributed by atoms with Crippen LogP contribution in [0.3, 0.4) is 0 Å². The van der Waals surface area contributed by atoms with Gasteiger partial charge in [-0.25, -0.2) is 0 Å². The molecule has 0 saturated carbocycles. The van der Waals surface area contributed by atoms with Gasteiger partial charge in [-0.3, -0.25) is 4.79 Å². The van der Waals surface area contributed by atoms with Crippen molar-refractivity contribution in [3.05, 3.63) is 48.0 Å². The summed E-state index contributed by atoms with van der Waals surface area (Å²) in [5, 5.41) is 0. The summed E-state index contributed by atoms with van der Waals surface area (Å²) in [6, 6.07) is 10.5. The van der Waals surface area contributed by atoms with Gasteiger partial charge >= 0.3 is 0 Å². The van der Waals surface area contributed by atoms with E-state index >= 15 is 0 Å². The van der Waals surface area contributed by atoms with Crippen LogP contribution in [0.2, 0.25) is 0 Å². The number of aldehydes is 1. The average molecular weight is 288 g/mol. The number of allylic oxidation sites excluding steroid dienone is 1. The summed E-state index contributed by atoms with van der Waals surface area (Å²) in [4.78, 5) is 10.3. The molecule has 2 rings (SSSR count). The number of carbonyl (C=O) groups is 1.